The van der Waals surface area contributed by atoms with Gasteiger partial charge in [-0.05, 0) is 30.3 Å². The number of benzene rings is 2. The first-order valence-corrected chi connectivity index (χ1v) is 6.41. The Balaban J connectivity index is 2.28. The number of halogens is 2. The van der Waals surface area contributed by atoms with E-state index in [4.69, 9.17) is 21.1 Å². The molecule has 0 heterocycles. The average molecular weight is 310 g/mol. The number of anilines is 1. The second-order valence-corrected chi connectivity index (χ2v) is 4.58. The molecule has 0 aliphatic rings. The lowest BCUT2D eigenvalue weighted by Gasteiger charge is -2.11. The van der Waals surface area contributed by atoms with Crippen LogP contribution in [0.5, 0.6) is 11.5 Å². The predicted molar refractivity (Wildman–Crippen MR) is 78.9 cm³/mol. The van der Waals surface area contributed by atoms with E-state index in [1.807, 2.05) is 0 Å². The highest BCUT2D eigenvalue weighted by Gasteiger charge is 2.15. The smallest absolute Gasteiger partial charge is 0.258 e. The summed E-state index contributed by atoms with van der Waals surface area (Å²) < 4.78 is 23.9. The second kappa shape index (κ2) is 6.45. The number of ether oxygens (including phenoxy) is 2. The van der Waals surface area contributed by atoms with Gasteiger partial charge in [0.05, 0.1) is 25.5 Å². The molecule has 2 aromatic rings. The topological polar surface area (TPSA) is 47.6 Å². The van der Waals surface area contributed by atoms with Crippen molar-refractivity contribution >= 4 is 23.2 Å². The van der Waals surface area contributed by atoms with Crippen LogP contribution >= 0.6 is 11.6 Å². The molecule has 0 aromatic heterocycles. The SMILES string of the molecule is COc1ccc(C(=O)Nc2cc(Cl)ccc2OC)c(F)c1. The third-order valence-corrected chi connectivity index (χ3v) is 3.07. The van der Waals surface area contributed by atoms with Crippen molar-refractivity contribution in [1.29, 1.82) is 0 Å². The summed E-state index contributed by atoms with van der Waals surface area (Å²) in [5, 5.41) is 3.00. The molecule has 0 aliphatic heterocycles. The van der Waals surface area contributed by atoms with Crippen LogP contribution in [0.25, 0.3) is 0 Å². The van der Waals surface area contributed by atoms with Crippen molar-refractivity contribution in [3.8, 4) is 11.5 Å². The number of rotatable bonds is 4. The molecular formula is C15H13ClFNO3. The summed E-state index contributed by atoms with van der Waals surface area (Å²) >= 11 is 5.88. The minimum Gasteiger partial charge on any atom is -0.497 e. The molecule has 110 valence electrons. The molecule has 21 heavy (non-hydrogen) atoms. The van der Waals surface area contributed by atoms with Crippen LogP contribution in [0.15, 0.2) is 36.4 Å². The molecule has 0 saturated carbocycles. The standard InChI is InChI=1S/C15H13ClFNO3/c1-20-10-4-5-11(12(17)8-10)15(19)18-13-7-9(16)3-6-14(13)21-2/h3-8H,1-2H3,(H,18,19). The molecule has 0 unspecified atom stereocenters. The summed E-state index contributed by atoms with van der Waals surface area (Å²) in [5.74, 6) is -0.505. The maximum Gasteiger partial charge on any atom is 0.258 e. The highest BCUT2D eigenvalue weighted by atomic mass is 35.5. The van der Waals surface area contributed by atoms with Gasteiger partial charge in [-0.2, -0.15) is 0 Å². The van der Waals surface area contributed by atoms with Crippen molar-refractivity contribution in [1.82, 2.24) is 0 Å². The Labute approximate surface area is 126 Å². The normalized spacial score (nSPS) is 10.1. The van der Waals surface area contributed by atoms with Gasteiger partial charge in [-0.3, -0.25) is 4.79 Å². The largest absolute Gasteiger partial charge is 0.497 e. The fourth-order valence-electron chi connectivity index (χ4n) is 1.77. The molecule has 2 aromatic carbocycles. The predicted octanol–water partition coefficient (Wildman–Crippen LogP) is 3.75. The van der Waals surface area contributed by atoms with Gasteiger partial charge in [0.2, 0.25) is 0 Å². The lowest BCUT2D eigenvalue weighted by atomic mass is 10.2. The van der Waals surface area contributed by atoms with Crippen molar-refractivity contribution in [3.63, 3.8) is 0 Å². The molecule has 1 N–H and O–H groups in total. The van der Waals surface area contributed by atoms with E-state index in [1.54, 1.807) is 12.1 Å². The van der Waals surface area contributed by atoms with E-state index >= 15 is 0 Å². The molecule has 6 heteroatoms. The number of amides is 1. The quantitative estimate of drug-likeness (QED) is 0.935. The summed E-state index contributed by atoms with van der Waals surface area (Å²) in [6.45, 7) is 0. The van der Waals surface area contributed by atoms with Crippen LogP contribution in [-0.4, -0.2) is 20.1 Å². The van der Waals surface area contributed by atoms with Crippen LogP contribution in [0.2, 0.25) is 5.02 Å². The van der Waals surface area contributed by atoms with Gasteiger partial charge >= 0.3 is 0 Å². The average Bonchev–Trinajstić information content (AvgIpc) is 2.47. The Hall–Kier alpha value is -2.27. The Morgan fingerprint density at radius 2 is 1.90 bits per heavy atom. The molecule has 0 radical (unpaired) electrons. The van der Waals surface area contributed by atoms with Gasteiger partial charge in [-0.1, -0.05) is 11.6 Å². The first-order chi connectivity index (χ1) is 10.0. The van der Waals surface area contributed by atoms with Crippen LogP contribution in [0.4, 0.5) is 10.1 Å². The lowest BCUT2D eigenvalue weighted by molar-refractivity contribution is 0.102. The van der Waals surface area contributed by atoms with Crippen molar-refractivity contribution in [2.75, 3.05) is 19.5 Å². The van der Waals surface area contributed by atoms with Crippen LogP contribution in [0, 0.1) is 5.82 Å². The van der Waals surface area contributed by atoms with Crippen molar-refractivity contribution in [2.45, 2.75) is 0 Å². The summed E-state index contributed by atoms with van der Waals surface area (Å²) in [6, 6.07) is 8.77. The monoisotopic (exact) mass is 309 g/mol. The number of hydrogen-bond acceptors (Lipinski definition) is 3. The van der Waals surface area contributed by atoms with Gasteiger partial charge in [-0.15, -0.1) is 0 Å². The van der Waals surface area contributed by atoms with E-state index in [1.165, 1.54) is 32.4 Å². The maximum absolute atomic E-state index is 13.9. The Morgan fingerprint density at radius 1 is 1.14 bits per heavy atom. The molecule has 0 aliphatic carbocycles. The lowest BCUT2D eigenvalue weighted by Crippen LogP contribution is -2.14. The van der Waals surface area contributed by atoms with E-state index in [-0.39, 0.29) is 5.56 Å². The molecule has 2 rings (SSSR count). The van der Waals surface area contributed by atoms with Crippen LogP contribution in [0.1, 0.15) is 10.4 Å². The van der Waals surface area contributed by atoms with Gasteiger partial charge < -0.3 is 14.8 Å². The first kappa shape index (κ1) is 15.1. The van der Waals surface area contributed by atoms with Crippen molar-refractivity contribution < 1.29 is 18.7 Å². The Bertz CT molecular complexity index is 676. The summed E-state index contributed by atoms with van der Waals surface area (Å²) in [6.07, 6.45) is 0. The Morgan fingerprint density at radius 3 is 2.52 bits per heavy atom. The number of nitrogens with one attached hydrogen (secondary N) is 1. The number of carbonyl (C=O) groups excluding carboxylic acids is 1. The molecule has 0 bridgehead atoms. The molecule has 1 amide bonds. The second-order valence-electron chi connectivity index (χ2n) is 4.14. The van der Waals surface area contributed by atoms with E-state index in [0.717, 1.165) is 6.07 Å². The number of hydrogen-bond donors (Lipinski definition) is 1. The zero-order chi connectivity index (χ0) is 15.4. The molecule has 0 spiro atoms. The minimum absolute atomic E-state index is 0.0992. The third-order valence-electron chi connectivity index (χ3n) is 2.83. The third kappa shape index (κ3) is 3.44. The van der Waals surface area contributed by atoms with Crippen LogP contribution in [-0.2, 0) is 0 Å². The van der Waals surface area contributed by atoms with Gasteiger partial charge in [0.1, 0.15) is 17.3 Å². The van der Waals surface area contributed by atoms with E-state index in [0.29, 0.717) is 22.2 Å². The zero-order valence-corrected chi connectivity index (χ0v) is 12.2. The molecule has 0 fully saturated rings. The van der Waals surface area contributed by atoms with Crippen LogP contribution < -0.4 is 14.8 Å². The molecule has 0 saturated heterocycles. The minimum atomic E-state index is -0.673. The first-order valence-electron chi connectivity index (χ1n) is 6.03. The van der Waals surface area contributed by atoms with Crippen molar-refractivity contribution in [3.05, 3.63) is 52.8 Å². The Kier molecular flexibility index (Phi) is 4.65. The van der Waals surface area contributed by atoms with E-state index in [9.17, 15) is 9.18 Å². The molecule has 0 atom stereocenters. The summed E-state index contributed by atoms with van der Waals surface area (Å²) in [4.78, 5) is 12.1. The fourth-order valence-corrected chi connectivity index (χ4v) is 1.95. The molecule has 4 nitrogen and oxygen atoms in total. The van der Waals surface area contributed by atoms with Gasteiger partial charge in [-0.25, -0.2) is 4.39 Å². The highest BCUT2D eigenvalue weighted by Crippen LogP contribution is 2.28. The summed E-state index contributed by atoms with van der Waals surface area (Å²) in [7, 11) is 2.89. The number of carbonyl (C=O) groups is 1. The molecular weight excluding hydrogens is 297 g/mol. The van der Waals surface area contributed by atoms with E-state index < -0.39 is 11.7 Å². The maximum atomic E-state index is 13.9. The van der Waals surface area contributed by atoms with Crippen LogP contribution in [0.3, 0.4) is 0 Å². The fraction of sp³-hybridized carbons (Fsp3) is 0.133. The van der Waals surface area contributed by atoms with E-state index in [2.05, 4.69) is 5.32 Å². The van der Waals surface area contributed by atoms with Gasteiger partial charge in [0, 0.05) is 11.1 Å². The zero-order valence-electron chi connectivity index (χ0n) is 11.4. The van der Waals surface area contributed by atoms with Gasteiger partial charge in [0.25, 0.3) is 5.91 Å². The number of methoxy groups -OCH3 is 2. The highest BCUT2D eigenvalue weighted by molar-refractivity contribution is 6.31. The van der Waals surface area contributed by atoms with Crippen molar-refractivity contribution in [2.24, 2.45) is 0 Å². The van der Waals surface area contributed by atoms with Gasteiger partial charge in [0.15, 0.2) is 0 Å². The summed E-state index contributed by atoms with van der Waals surface area (Å²) in [5.41, 5.74) is 0.267.